The number of nitrogens with zero attached hydrogens (tertiary/aromatic N) is 2. The first-order valence-electron chi connectivity index (χ1n) is 4.77. The van der Waals surface area contributed by atoms with Crippen molar-refractivity contribution in [3.05, 3.63) is 0 Å². The van der Waals surface area contributed by atoms with Crippen LogP contribution in [0.25, 0.3) is 0 Å². The summed E-state index contributed by atoms with van der Waals surface area (Å²) in [6, 6.07) is 0.436. The predicted molar refractivity (Wildman–Crippen MR) is 50.3 cm³/mol. The van der Waals surface area contributed by atoms with Gasteiger partial charge in [-0.05, 0) is 19.3 Å². The van der Waals surface area contributed by atoms with E-state index in [1.54, 1.807) is 0 Å². The summed E-state index contributed by atoms with van der Waals surface area (Å²) in [6.07, 6.45) is 3.37. The predicted octanol–water partition coefficient (Wildman–Crippen LogP) is 0.792. The average Bonchev–Trinajstić information content (AvgIpc) is 2.47. The van der Waals surface area contributed by atoms with Crippen LogP contribution >= 0.6 is 0 Å². The zero-order valence-electron chi connectivity index (χ0n) is 8.36. The van der Waals surface area contributed by atoms with Gasteiger partial charge < -0.3 is 5.11 Å². The molecule has 0 saturated carbocycles. The van der Waals surface area contributed by atoms with Crippen LogP contribution in [-0.4, -0.2) is 47.8 Å². The number of hydrazine groups is 1. The Morgan fingerprint density at radius 1 is 1.62 bits per heavy atom. The Kier molecular flexibility index (Phi) is 3.69. The summed E-state index contributed by atoms with van der Waals surface area (Å²) in [5.74, 6) is -0.689. The third kappa shape index (κ3) is 2.97. The van der Waals surface area contributed by atoms with Gasteiger partial charge in [-0.2, -0.15) is 0 Å². The first-order valence-corrected chi connectivity index (χ1v) is 4.77. The van der Waals surface area contributed by atoms with Crippen molar-refractivity contribution in [2.24, 2.45) is 0 Å². The Morgan fingerprint density at radius 3 is 2.85 bits per heavy atom. The number of carbonyl (C=O) groups is 1. The van der Waals surface area contributed by atoms with Crippen LogP contribution in [0.4, 0.5) is 0 Å². The molecule has 1 aliphatic heterocycles. The molecule has 0 aromatic rings. The van der Waals surface area contributed by atoms with Gasteiger partial charge >= 0.3 is 5.97 Å². The summed E-state index contributed by atoms with van der Waals surface area (Å²) in [5.41, 5.74) is 0. The monoisotopic (exact) mass is 186 g/mol. The molecule has 4 nitrogen and oxygen atoms in total. The molecular weight excluding hydrogens is 168 g/mol. The SMILES string of the molecule is CN(C)N1CCCC1CCC(=O)O. The van der Waals surface area contributed by atoms with E-state index in [2.05, 4.69) is 10.0 Å². The fourth-order valence-corrected chi connectivity index (χ4v) is 1.93. The second-order valence-corrected chi connectivity index (χ2v) is 3.74. The molecule has 0 radical (unpaired) electrons. The fraction of sp³-hybridized carbons (Fsp3) is 0.889. The highest BCUT2D eigenvalue weighted by molar-refractivity contribution is 5.66. The smallest absolute Gasteiger partial charge is 0.303 e. The Labute approximate surface area is 79.1 Å². The second kappa shape index (κ2) is 4.58. The summed E-state index contributed by atoms with van der Waals surface area (Å²) in [5, 5.41) is 12.9. The van der Waals surface area contributed by atoms with Gasteiger partial charge in [0.25, 0.3) is 0 Å². The standard InChI is InChI=1S/C9H18N2O2/c1-10(2)11-7-3-4-8(11)5-6-9(12)13/h8H,3-7H2,1-2H3,(H,12,13). The van der Waals surface area contributed by atoms with Gasteiger partial charge in [-0.3, -0.25) is 4.79 Å². The van der Waals surface area contributed by atoms with Crippen LogP contribution in [0, 0.1) is 0 Å². The number of carboxylic acids is 1. The maximum Gasteiger partial charge on any atom is 0.303 e. The first-order chi connectivity index (χ1) is 6.11. The van der Waals surface area contributed by atoms with E-state index in [1.807, 2.05) is 14.1 Å². The molecule has 0 bridgehead atoms. The normalized spacial score (nSPS) is 24.1. The zero-order valence-corrected chi connectivity index (χ0v) is 8.36. The van der Waals surface area contributed by atoms with Crippen molar-refractivity contribution < 1.29 is 9.90 Å². The van der Waals surface area contributed by atoms with Crippen LogP contribution in [0.1, 0.15) is 25.7 Å². The highest BCUT2D eigenvalue weighted by atomic mass is 16.4. The first kappa shape index (κ1) is 10.5. The maximum atomic E-state index is 10.4. The van der Waals surface area contributed by atoms with Gasteiger partial charge in [0.1, 0.15) is 0 Å². The van der Waals surface area contributed by atoms with Crippen LogP contribution in [0.2, 0.25) is 0 Å². The average molecular weight is 186 g/mol. The molecule has 0 aliphatic carbocycles. The lowest BCUT2D eigenvalue weighted by molar-refractivity contribution is -0.137. The van der Waals surface area contributed by atoms with E-state index in [0.717, 1.165) is 19.4 Å². The molecule has 0 aromatic carbocycles. The third-order valence-electron chi connectivity index (χ3n) is 2.55. The van der Waals surface area contributed by atoms with Crippen molar-refractivity contribution in [3.63, 3.8) is 0 Å². The second-order valence-electron chi connectivity index (χ2n) is 3.74. The van der Waals surface area contributed by atoms with Crippen molar-refractivity contribution in [2.75, 3.05) is 20.6 Å². The van der Waals surface area contributed by atoms with Crippen LogP contribution in [0.3, 0.4) is 0 Å². The van der Waals surface area contributed by atoms with Gasteiger partial charge in [-0.25, -0.2) is 10.0 Å². The summed E-state index contributed by atoms with van der Waals surface area (Å²) in [7, 11) is 4.03. The molecule has 13 heavy (non-hydrogen) atoms. The van der Waals surface area contributed by atoms with Crippen molar-refractivity contribution in [2.45, 2.75) is 31.7 Å². The lowest BCUT2D eigenvalue weighted by Crippen LogP contribution is -2.40. The topological polar surface area (TPSA) is 43.8 Å². The van der Waals surface area contributed by atoms with Crippen LogP contribution in [-0.2, 0) is 4.79 Å². The lowest BCUT2D eigenvalue weighted by atomic mass is 10.1. The minimum Gasteiger partial charge on any atom is -0.481 e. The van der Waals surface area contributed by atoms with E-state index in [1.165, 1.54) is 6.42 Å². The number of hydrogen-bond donors (Lipinski definition) is 1. The molecule has 1 saturated heterocycles. The third-order valence-corrected chi connectivity index (χ3v) is 2.55. The van der Waals surface area contributed by atoms with Gasteiger partial charge in [0.15, 0.2) is 0 Å². The van der Waals surface area contributed by atoms with E-state index in [-0.39, 0.29) is 6.42 Å². The van der Waals surface area contributed by atoms with E-state index >= 15 is 0 Å². The molecule has 1 unspecified atom stereocenters. The van der Waals surface area contributed by atoms with Crippen LogP contribution in [0.15, 0.2) is 0 Å². The molecule has 1 aliphatic rings. The Hall–Kier alpha value is -0.610. The minimum atomic E-state index is -0.689. The van der Waals surface area contributed by atoms with E-state index in [4.69, 9.17) is 5.11 Å². The lowest BCUT2D eigenvalue weighted by Gasteiger charge is -2.30. The van der Waals surface area contributed by atoms with Gasteiger partial charge in [-0.15, -0.1) is 0 Å². The largest absolute Gasteiger partial charge is 0.481 e. The summed E-state index contributed by atoms with van der Waals surface area (Å²) >= 11 is 0. The van der Waals surface area contributed by atoms with Crippen molar-refractivity contribution in [1.29, 1.82) is 0 Å². The maximum absolute atomic E-state index is 10.4. The van der Waals surface area contributed by atoms with Crippen molar-refractivity contribution in [1.82, 2.24) is 10.0 Å². The Morgan fingerprint density at radius 2 is 2.31 bits per heavy atom. The van der Waals surface area contributed by atoms with Gasteiger partial charge in [0, 0.05) is 33.1 Å². The number of carboxylic acid groups (broad SMARTS) is 1. The number of aliphatic carboxylic acids is 1. The number of rotatable bonds is 4. The highest BCUT2D eigenvalue weighted by Crippen LogP contribution is 2.21. The summed E-state index contributed by atoms with van der Waals surface area (Å²) in [4.78, 5) is 10.4. The molecule has 76 valence electrons. The summed E-state index contributed by atoms with van der Waals surface area (Å²) < 4.78 is 0. The molecule has 1 atom stereocenters. The molecular formula is C9H18N2O2. The molecule has 4 heteroatoms. The Balaban J connectivity index is 2.35. The molecule has 1 N–H and O–H groups in total. The van der Waals surface area contributed by atoms with Gasteiger partial charge in [0.05, 0.1) is 0 Å². The van der Waals surface area contributed by atoms with Crippen LogP contribution in [0.5, 0.6) is 0 Å². The van der Waals surface area contributed by atoms with Crippen molar-refractivity contribution in [3.8, 4) is 0 Å². The van der Waals surface area contributed by atoms with Crippen LogP contribution < -0.4 is 0 Å². The minimum absolute atomic E-state index is 0.287. The Bertz CT molecular complexity index is 182. The molecule has 1 fully saturated rings. The molecule has 0 aromatic heterocycles. The highest BCUT2D eigenvalue weighted by Gasteiger charge is 2.25. The molecule has 1 rings (SSSR count). The van der Waals surface area contributed by atoms with Gasteiger partial charge in [0.2, 0.25) is 0 Å². The molecule has 0 amide bonds. The molecule has 1 heterocycles. The zero-order chi connectivity index (χ0) is 9.84. The molecule has 0 spiro atoms. The van der Waals surface area contributed by atoms with E-state index in [9.17, 15) is 4.79 Å². The van der Waals surface area contributed by atoms with Gasteiger partial charge in [-0.1, -0.05) is 0 Å². The fourth-order valence-electron chi connectivity index (χ4n) is 1.93. The van der Waals surface area contributed by atoms with E-state index < -0.39 is 5.97 Å². The van der Waals surface area contributed by atoms with E-state index in [0.29, 0.717) is 6.04 Å². The van der Waals surface area contributed by atoms with Crippen molar-refractivity contribution >= 4 is 5.97 Å². The quantitative estimate of drug-likeness (QED) is 0.705. The number of hydrogen-bond acceptors (Lipinski definition) is 3. The summed E-state index contributed by atoms with van der Waals surface area (Å²) in [6.45, 7) is 1.07.